The molecule has 0 aliphatic heterocycles. The first-order chi connectivity index (χ1) is 9.72. The highest BCUT2D eigenvalue weighted by Crippen LogP contribution is 2.45. The highest BCUT2D eigenvalue weighted by Gasteiger charge is 2.39. The minimum absolute atomic E-state index is 0.0260. The second-order valence-electron chi connectivity index (χ2n) is 6.21. The van der Waals surface area contributed by atoms with Crippen molar-refractivity contribution >= 4 is 21.9 Å². The minimum atomic E-state index is -0.190. The van der Waals surface area contributed by atoms with Gasteiger partial charge in [-0.15, -0.1) is 0 Å². The third-order valence-corrected chi connectivity index (χ3v) is 4.99. The molecule has 1 aliphatic rings. The van der Waals surface area contributed by atoms with Crippen LogP contribution in [-0.4, -0.2) is 12.1 Å². The SMILES string of the molecule is CC.CC(=O)OC1CC(C)(C)c2cc(Br)c(C)cc2C1C. The molecule has 118 valence electrons. The van der Waals surface area contributed by atoms with Crippen molar-refractivity contribution in [3.05, 3.63) is 33.3 Å². The van der Waals surface area contributed by atoms with Crippen molar-refractivity contribution in [2.24, 2.45) is 0 Å². The first-order valence-electron chi connectivity index (χ1n) is 7.70. The van der Waals surface area contributed by atoms with Crippen LogP contribution in [0, 0.1) is 6.92 Å². The number of hydrogen-bond donors (Lipinski definition) is 0. The van der Waals surface area contributed by atoms with Crippen LogP contribution in [0.5, 0.6) is 0 Å². The van der Waals surface area contributed by atoms with Crippen LogP contribution in [0.25, 0.3) is 0 Å². The van der Waals surface area contributed by atoms with Crippen LogP contribution in [0.15, 0.2) is 16.6 Å². The van der Waals surface area contributed by atoms with Crippen molar-refractivity contribution in [3.8, 4) is 0 Å². The molecule has 0 amide bonds. The lowest BCUT2D eigenvalue weighted by Crippen LogP contribution is -2.37. The average Bonchev–Trinajstić information content (AvgIpc) is 2.40. The van der Waals surface area contributed by atoms with Crippen LogP contribution in [0.2, 0.25) is 0 Å². The van der Waals surface area contributed by atoms with E-state index < -0.39 is 0 Å². The molecule has 2 unspecified atom stereocenters. The smallest absolute Gasteiger partial charge is 0.302 e. The van der Waals surface area contributed by atoms with Gasteiger partial charge in [0.1, 0.15) is 6.10 Å². The number of hydrogen-bond acceptors (Lipinski definition) is 2. The Morgan fingerprint density at radius 2 is 1.90 bits per heavy atom. The Balaban J connectivity index is 0.00000106. The maximum atomic E-state index is 11.3. The molecular weight excluding hydrogens is 328 g/mol. The van der Waals surface area contributed by atoms with Crippen LogP contribution < -0.4 is 0 Å². The molecule has 2 rings (SSSR count). The van der Waals surface area contributed by atoms with E-state index in [0.29, 0.717) is 0 Å². The summed E-state index contributed by atoms with van der Waals surface area (Å²) in [6.45, 7) is 14.2. The summed E-state index contributed by atoms with van der Waals surface area (Å²) in [6, 6.07) is 4.45. The predicted octanol–water partition coefficient (Wildman–Crippen LogP) is 5.50. The van der Waals surface area contributed by atoms with Gasteiger partial charge in [-0.25, -0.2) is 0 Å². The Morgan fingerprint density at radius 3 is 2.43 bits per heavy atom. The van der Waals surface area contributed by atoms with Crippen molar-refractivity contribution in [1.29, 1.82) is 0 Å². The number of aryl methyl sites for hydroxylation is 1. The number of fused-ring (bicyclic) bond motifs is 1. The Labute approximate surface area is 137 Å². The Morgan fingerprint density at radius 1 is 1.33 bits per heavy atom. The van der Waals surface area contributed by atoms with E-state index >= 15 is 0 Å². The zero-order chi connectivity index (χ0) is 16.4. The highest BCUT2D eigenvalue weighted by atomic mass is 79.9. The van der Waals surface area contributed by atoms with E-state index in [0.717, 1.165) is 10.9 Å². The lowest BCUT2D eigenvalue weighted by molar-refractivity contribution is -0.148. The van der Waals surface area contributed by atoms with Gasteiger partial charge in [-0.1, -0.05) is 56.6 Å². The number of benzene rings is 1. The summed E-state index contributed by atoms with van der Waals surface area (Å²) in [6.07, 6.45) is 0.844. The Hall–Kier alpha value is -0.830. The van der Waals surface area contributed by atoms with Gasteiger partial charge in [0, 0.05) is 17.3 Å². The molecule has 0 N–H and O–H groups in total. The molecular formula is C18H27BrO2. The molecule has 21 heavy (non-hydrogen) atoms. The van der Waals surface area contributed by atoms with Crippen molar-refractivity contribution in [2.45, 2.75) is 72.3 Å². The van der Waals surface area contributed by atoms with Crippen LogP contribution >= 0.6 is 15.9 Å². The van der Waals surface area contributed by atoms with E-state index in [9.17, 15) is 4.79 Å². The van der Waals surface area contributed by atoms with Crippen LogP contribution in [0.4, 0.5) is 0 Å². The number of carbonyl (C=O) groups is 1. The van der Waals surface area contributed by atoms with Gasteiger partial charge in [0.2, 0.25) is 0 Å². The molecule has 0 saturated carbocycles. The highest BCUT2D eigenvalue weighted by molar-refractivity contribution is 9.10. The lowest BCUT2D eigenvalue weighted by atomic mass is 9.67. The van der Waals surface area contributed by atoms with Crippen LogP contribution in [0.3, 0.4) is 0 Å². The van der Waals surface area contributed by atoms with Crippen molar-refractivity contribution < 1.29 is 9.53 Å². The van der Waals surface area contributed by atoms with Crippen molar-refractivity contribution in [2.75, 3.05) is 0 Å². The van der Waals surface area contributed by atoms with Gasteiger partial charge in [0.25, 0.3) is 0 Å². The maximum absolute atomic E-state index is 11.3. The first kappa shape index (κ1) is 18.2. The minimum Gasteiger partial charge on any atom is -0.462 e. The molecule has 0 bridgehead atoms. The lowest BCUT2D eigenvalue weighted by Gasteiger charge is -2.41. The summed E-state index contributed by atoms with van der Waals surface area (Å²) in [4.78, 5) is 11.3. The van der Waals surface area contributed by atoms with Crippen molar-refractivity contribution in [3.63, 3.8) is 0 Å². The fourth-order valence-electron chi connectivity index (χ4n) is 3.01. The number of halogens is 1. The Bertz CT molecular complexity index is 520. The second-order valence-corrected chi connectivity index (χ2v) is 7.07. The summed E-state index contributed by atoms with van der Waals surface area (Å²) in [5, 5.41) is 0. The molecule has 1 aromatic rings. The van der Waals surface area contributed by atoms with Gasteiger partial charge < -0.3 is 4.74 Å². The van der Waals surface area contributed by atoms with E-state index in [1.54, 1.807) is 0 Å². The Kier molecular flexibility index (Phi) is 6.03. The molecule has 1 aliphatic carbocycles. The molecule has 1 aromatic carbocycles. The van der Waals surface area contributed by atoms with Crippen LogP contribution in [0.1, 0.15) is 70.6 Å². The molecule has 2 nitrogen and oxygen atoms in total. The maximum Gasteiger partial charge on any atom is 0.302 e. The molecule has 0 spiro atoms. The van der Waals surface area contributed by atoms with Crippen molar-refractivity contribution in [1.82, 2.24) is 0 Å². The molecule has 0 aromatic heterocycles. The quantitative estimate of drug-likeness (QED) is 0.622. The summed E-state index contributed by atoms with van der Waals surface area (Å²) in [5.74, 6) is 0.0589. The summed E-state index contributed by atoms with van der Waals surface area (Å²) >= 11 is 3.62. The fourth-order valence-corrected chi connectivity index (χ4v) is 3.36. The van der Waals surface area contributed by atoms with E-state index in [2.05, 4.69) is 55.8 Å². The zero-order valence-electron chi connectivity index (χ0n) is 14.2. The third-order valence-electron chi connectivity index (χ3n) is 4.14. The van der Waals surface area contributed by atoms with Gasteiger partial charge in [-0.3, -0.25) is 4.79 Å². The van der Waals surface area contributed by atoms with E-state index in [1.165, 1.54) is 23.6 Å². The number of esters is 1. The van der Waals surface area contributed by atoms with Gasteiger partial charge >= 0.3 is 5.97 Å². The van der Waals surface area contributed by atoms with Crippen LogP contribution in [-0.2, 0) is 14.9 Å². The van der Waals surface area contributed by atoms with Gasteiger partial charge in [-0.05, 0) is 41.5 Å². The summed E-state index contributed by atoms with van der Waals surface area (Å²) < 4.78 is 6.67. The number of carbonyl (C=O) groups excluding carboxylic acids is 1. The van der Waals surface area contributed by atoms with Gasteiger partial charge in [0.05, 0.1) is 0 Å². The molecule has 0 fully saturated rings. The third kappa shape index (κ3) is 3.88. The fraction of sp³-hybridized carbons (Fsp3) is 0.611. The summed E-state index contributed by atoms with van der Waals surface area (Å²) in [7, 11) is 0. The molecule has 0 radical (unpaired) electrons. The molecule has 0 saturated heterocycles. The molecule has 3 heteroatoms. The largest absolute Gasteiger partial charge is 0.462 e. The van der Waals surface area contributed by atoms with E-state index in [1.807, 2.05) is 13.8 Å². The standard InChI is InChI=1S/C16H21BrO2.C2H6/c1-9-6-12-10(2)15(19-11(3)18)8-16(4,5)13(12)7-14(9)17;1-2/h6-7,10,15H,8H2,1-5H3;1-2H3. The van der Waals surface area contributed by atoms with E-state index in [4.69, 9.17) is 4.74 Å². The predicted molar refractivity (Wildman–Crippen MR) is 91.8 cm³/mol. The molecule has 2 atom stereocenters. The average molecular weight is 355 g/mol. The topological polar surface area (TPSA) is 26.3 Å². The monoisotopic (exact) mass is 354 g/mol. The van der Waals surface area contributed by atoms with Gasteiger partial charge in [-0.2, -0.15) is 0 Å². The second kappa shape index (κ2) is 6.95. The first-order valence-corrected chi connectivity index (χ1v) is 8.49. The molecule has 0 heterocycles. The summed E-state index contributed by atoms with van der Waals surface area (Å²) in [5.41, 5.74) is 3.92. The van der Waals surface area contributed by atoms with E-state index in [-0.39, 0.29) is 23.4 Å². The normalized spacial score (nSPS) is 22.7. The zero-order valence-corrected chi connectivity index (χ0v) is 15.8. The van der Waals surface area contributed by atoms with Gasteiger partial charge in [0.15, 0.2) is 0 Å². The number of rotatable bonds is 1. The number of ether oxygens (including phenoxy) is 1.